The summed E-state index contributed by atoms with van der Waals surface area (Å²) in [4.78, 5) is 28.1. The standard InChI is InChI=1S/C21H20BrN3O2/c1-13-3-9-16(10-4-13)25-20(26)17-18(14-5-7-15(22)8-6-14)23-11-2-12-24(23)19(17)21(25)27/h3-10,17-19H,2,11-12H2,1H3/t17-,18+,19+/m1/s1. The van der Waals surface area contributed by atoms with Gasteiger partial charge in [-0.3, -0.25) is 9.59 Å². The van der Waals surface area contributed by atoms with Gasteiger partial charge in [0.25, 0.3) is 5.91 Å². The normalized spacial score (nSPS) is 28.1. The average Bonchev–Trinajstić information content (AvgIpc) is 3.30. The highest BCUT2D eigenvalue weighted by Crippen LogP contribution is 2.48. The molecule has 2 aromatic rings. The zero-order valence-corrected chi connectivity index (χ0v) is 16.6. The van der Waals surface area contributed by atoms with Crippen LogP contribution >= 0.6 is 15.9 Å². The van der Waals surface area contributed by atoms with Crippen molar-refractivity contribution in [3.8, 4) is 0 Å². The number of hydrazine groups is 1. The van der Waals surface area contributed by atoms with Gasteiger partial charge in [0, 0.05) is 17.6 Å². The maximum absolute atomic E-state index is 13.4. The molecule has 0 saturated carbocycles. The highest BCUT2D eigenvalue weighted by Gasteiger charge is 2.62. The third kappa shape index (κ3) is 2.51. The lowest BCUT2D eigenvalue weighted by Gasteiger charge is -2.29. The topological polar surface area (TPSA) is 43.9 Å². The van der Waals surface area contributed by atoms with Gasteiger partial charge in [-0.25, -0.2) is 14.9 Å². The molecule has 138 valence electrons. The highest BCUT2D eigenvalue weighted by molar-refractivity contribution is 9.10. The molecule has 6 heteroatoms. The number of anilines is 1. The summed E-state index contributed by atoms with van der Waals surface area (Å²) in [5.41, 5.74) is 2.87. The minimum atomic E-state index is -0.394. The number of fused-ring (bicyclic) bond motifs is 3. The van der Waals surface area contributed by atoms with Crippen LogP contribution in [0.5, 0.6) is 0 Å². The van der Waals surface area contributed by atoms with Crippen LogP contribution in [0, 0.1) is 12.8 Å². The molecule has 3 heterocycles. The fourth-order valence-electron chi connectivity index (χ4n) is 4.72. The lowest BCUT2D eigenvalue weighted by atomic mass is 9.90. The first kappa shape index (κ1) is 17.1. The molecule has 5 nitrogen and oxygen atoms in total. The Morgan fingerprint density at radius 1 is 0.852 bits per heavy atom. The zero-order chi connectivity index (χ0) is 18.7. The van der Waals surface area contributed by atoms with E-state index < -0.39 is 6.04 Å². The van der Waals surface area contributed by atoms with Gasteiger partial charge in [-0.2, -0.15) is 0 Å². The van der Waals surface area contributed by atoms with E-state index in [2.05, 4.69) is 38.1 Å². The summed E-state index contributed by atoms with van der Waals surface area (Å²) in [7, 11) is 0. The van der Waals surface area contributed by atoms with Crippen LogP contribution in [0.3, 0.4) is 0 Å². The maximum atomic E-state index is 13.4. The van der Waals surface area contributed by atoms with Crippen LogP contribution < -0.4 is 4.90 Å². The average molecular weight is 426 g/mol. The van der Waals surface area contributed by atoms with Gasteiger partial charge in [0.05, 0.1) is 17.6 Å². The van der Waals surface area contributed by atoms with E-state index in [0.29, 0.717) is 5.69 Å². The van der Waals surface area contributed by atoms with E-state index in [1.54, 1.807) is 0 Å². The first-order valence-corrected chi connectivity index (χ1v) is 10.1. The molecule has 3 saturated heterocycles. The number of benzene rings is 2. The molecule has 0 aliphatic carbocycles. The van der Waals surface area contributed by atoms with Crippen LogP contribution in [0.25, 0.3) is 0 Å². The molecule has 2 amide bonds. The number of hydrogen-bond donors (Lipinski definition) is 0. The first-order valence-electron chi connectivity index (χ1n) is 9.29. The summed E-state index contributed by atoms with van der Waals surface area (Å²) in [6.45, 7) is 3.71. The number of halogens is 1. The third-order valence-electron chi connectivity index (χ3n) is 5.91. The molecular weight excluding hydrogens is 406 g/mol. The molecule has 0 bridgehead atoms. The van der Waals surface area contributed by atoms with Crippen LogP contribution in [0.2, 0.25) is 0 Å². The fraction of sp³-hybridized carbons (Fsp3) is 0.333. The van der Waals surface area contributed by atoms with Gasteiger partial charge in [0.15, 0.2) is 0 Å². The summed E-state index contributed by atoms with van der Waals surface area (Å²) < 4.78 is 1.01. The predicted molar refractivity (Wildman–Crippen MR) is 106 cm³/mol. The monoisotopic (exact) mass is 425 g/mol. The van der Waals surface area contributed by atoms with Gasteiger partial charge in [-0.15, -0.1) is 0 Å². The summed E-state index contributed by atoms with van der Waals surface area (Å²) in [6.07, 6.45) is 1.02. The summed E-state index contributed by atoms with van der Waals surface area (Å²) >= 11 is 3.48. The Hall–Kier alpha value is -2.02. The Balaban J connectivity index is 1.57. The summed E-state index contributed by atoms with van der Waals surface area (Å²) in [6, 6.07) is 15.2. The molecule has 3 aliphatic rings. The zero-order valence-electron chi connectivity index (χ0n) is 15.0. The summed E-state index contributed by atoms with van der Waals surface area (Å²) in [5.74, 6) is -0.545. The lowest BCUT2D eigenvalue weighted by molar-refractivity contribution is -0.126. The van der Waals surface area contributed by atoms with Crippen molar-refractivity contribution in [1.29, 1.82) is 0 Å². The van der Waals surface area contributed by atoms with Gasteiger partial charge >= 0.3 is 0 Å². The van der Waals surface area contributed by atoms with E-state index in [-0.39, 0.29) is 23.8 Å². The van der Waals surface area contributed by atoms with Crippen LogP contribution in [0.15, 0.2) is 53.0 Å². The number of imide groups is 1. The van der Waals surface area contributed by atoms with Crippen LogP contribution in [-0.4, -0.2) is 41.0 Å². The van der Waals surface area contributed by atoms with E-state index in [1.807, 2.05) is 43.3 Å². The first-order chi connectivity index (χ1) is 13.1. The molecule has 0 spiro atoms. The second-order valence-corrected chi connectivity index (χ2v) is 8.41. The van der Waals surface area contributed by atoms with Crippen molar-refractivity contribution in [2.45, 2.75) is 25.4 Å². The Morgan fingerprint density at radius 2 is 1.48 bits per heavy atom. The molecular formula is C21H20BrN3O2. The predicted octanol–water partition coefficient (Wildman–Crippen LogP) is 3.29. The number of carbonyl (C=O) groups is 2. The fourth-order valence-corrected chi connectivity index (χ4v) is 4.99. The molecule has 2 aromatic carbocycles. The Labute approximate surface area is 166 Å². The van der Waals surface area contributed by atoms with Crippen molar-refractivity contribution in [2.24, 2.45) is 5.92 Å². The molecule has 0 aromatic heterocycles. The maximum Gasteiger partial charge on any atom is 0.253 e. The minimum Gasteiger partial charge on any atom is -0.274 e. The SMILES string of the molecule is Cc1ccc(N2C(=O)[C@H]3[C@@H](C2=O)N2CCCN2[C@H]3c2ccc(Br)cc2)cc1. The van der Waals surface area contributed by atoms with Crippen molar-refractivity contribution in [3.63, 3.8) is 0 Å². The Bertz CT molecular complexity index is 912. The number of rotatable bonds is 2. The third-order valence-corrected chi connectivity index (χ3v) is 6.44. The van der Waals surface area contributed by atoms with Gasteiger partial charge in [-0.1, -0.05) is 45.8 Å². The van der Waals surface area contributed by atoms with Gasteiger partial charge in [0.2, 0.25) is 5.91 Å². The van der Waals surface area contributed by atoms with E-state index in [4.69, 9.17) is 0 Å². The van der Waals surface area contributed by atoms with Crippen molar-refractivity contribution in [2.75, 3.05) is 18.0 Å². The van der Waals surface area contributed by atoms with Crippen molar-refractivity contribution < 1.29 is 9.59 Å². The Kier molecular flexibility index (Phi) is 3.96. The molecule has 3 aliphatic heterocycles. The van der Waals surface area contributed by atoms with E-state index in [1.165, 1.54) is 4.90 Å². The van der Waals surface area contributed by atoms with Crippen molar-refractivity contribution in [1.82, 2.24) is 10.0 Å². The van der Waals surface area contributed by atoms with Gasteiger partial charge in [-0.05, 0) is 43.2 Å². The molecule has 0 unspecified atom stereocenters. The molecule has 0 N–H and O–H groups in total. The largest absolute Gasteiger partial charge is 0.274 e. The van der Waals surface area contributed by atoms with Crippen molar-refractivity contribution in [3.05, 3.63) is 64.1 Å². The number of hydrogen-bond acceptors (Lipinski definition) is 4. The number of aryl methyl sites for hydroxylation is 1. The highest BCUT2D eigenvalue weighted by atomic mass is 79.9. The quantitative estimate of drug-likeness (QED) is 0.692. The molecule has 3 atom stereocenters. The molecule has 0 radical (unpaired) electrons. The number of carbonyl (C=O) groups excluding carboxylic acids is 2. The smallest absolute Gasteiger partial charge is 0.253 e. The Morgan fingerprint density at radius 3 is 2.15 bits per heavy atom. The van der Waals surface area contributed by atoms with E-state index >= 15 is 0 Å². The van der Waals surface area contributed by atoms with Gasteiger partial charge in [0.1, 0.15) is 6.04 Å². The second kappa shape index (κ2) is 6.26. The van der Waals surface area contributed by atoms with Gasteiger partial charge < -0.3 is 0 Å². The minimum absolute atomic E-state index is 0.0856. The van der Waals surface area contributed by atoms with Crippen molar-refractivity contribution >= 4 is 33.4 Å². The van der Waals surface area contributed by atoms with E-state index in [9.17, 15) is 9.59 Å². The van der Waals surface area contributed by atoms with Crippen LogP contribution in [-0.2, 0) is 9.59 Å². The molecule has 27 heavy (non-hydrogen) atoms. The number of amides is 2. The van der Waals surface area contributed by atoms with E-state index in [0.717, 1.165) is 35.1 Å². The molecule has 3 fully saturated rings. The second-order valence-electron chi connectivity index (χ2n) is 7.49. The lowest BCUT2D eigenvalue weighted by Crippen LogP contribution is -2.44. The summed E-state index contributed by atoms with van der Waals surface area (Å²) in [5, 5.41) is 4.37. The van der Waals surface area contributed by atoms with Crippen LogP contribution in [0.1, 0.15) is 23.6 Å². The number of nitrogens with zero attached hydrogens (tertiary/aromatic N) is 3. The van der Waals surface area contributed by atoms with Crippen LogP contribution in [0.4, 0.5) is 5.69 Å². The molecule has 5 rings (SSSR count).